The van der Waals surface area contributed by atoms with Gasteiger partial charge >= 0.3 is 5.97 Å². The van der Waals surface area contributed by atoms with Crippen molar-refractivity contribution in [2.24, 2.45) is 11.8 Å². The molecule has 0 bridgehead atoms. The van der Waals surface area contributed by atoms with Gasteiger partial charge in [-0.25, -0.2) is 4.79 Å². The second-order valence-electron chi connectivity index (χ2n) is 17.6. The number of fused-ring (bicyclic) bond motifs is 3. The first-order chi connectivity index (χ1) is 29.6. The van der Waals surface area contributed by atoms with Gasteiger partial charge in [-0.3, -0.25) is 9.78 Å². The molecule has 3 aliphatic rings. The molecule has 1 unspecified atom stereocenters. The number of amides is 1. The number of pyridine rings is 1. The quantitative estimate of drug-likeness (QED) is 0.0745. The minimum Gasteiger partial charge on any atom is -0.494 e. The van der Waals surface area contributed by atoms with E-state index in [-0.39, 0.29) is 17.2 Å². The third-order valence-electron chi connectivity index (χ3n) is 13.3. The number of aromatic nitrogens is 1. The summed E-state index contributed by atoms with van der Waals surface area (Å²) in [5.74, 6) is 2.73. The zero-order chi connectivity index (χ0) is 42.8. The van der Waals surface area contributed by atoms with Gasteiger partial charge < -0.3 is 34.7 Å². The van der Waals surface area contributed by atoms with Crippen LogP contribution in [0.15, 0.2) is 79.0 Å². The van der Waals surface area contributed by atoms with Crippen molar-refractivity contribution in [3.8, 4) is 17.2 Å². The summed E-state index contributed by atoms with van der Waals surface area (Å²) >= 11 is 6.31. The number of benzene rings is 3. The summed E-state index contributed by atoms with van der Waals surface area (Å²) in [5.41, 5.74) is 5.51. The van der Waals surface area contributed by atoms with E-state index in [1.165, 1.54) is 22.4 Å². The summed E-state index contributed by atoms with van der Waals surface area (Å²) in [6.45, 7) is 7.15. The average molecular weight is 853 g/mol. The largest absolute Gasteiger partial charge is 0.494 e. The number of aryl methyl sites for hydroxylation is 1. The zero-order valence-electron chi connectivity index (χ0n) is 36.0. The van der Waals surface area contributed by atoms with Gasteiger partial charge in [0.2, 0.25) is 5.91 Å². The molecular weight excluding hydrogens is 790 g/mol. The van der Waals surface area contributed by atoms with Gasteiger partial charge in [0.25, 0.3) is 0 Å². The number of aliphatic carboxylic acids is 1. The molecule has 326 valence electrons. The van der Waals surface area contributed by atoms with E-state index in [0.717, 1.165) is 67.8 Å². The molecule has 0 saturated heterocycles. The Morgan fingerprint density at radius 2 is 1.75 bits per heavy atom. The number of carbonyl (C=O) groups excluding carboxylic acids is 1. The number of rotatable bonds is 20. The minimum absolute atomic E-state index is 0.00113. The highest BCUT2D eigenvalue weighted by Crippen LogP contribution is 2.57. The van der Waals surface area contributed by atoms with Crippen molar-refractivity contribution >= 4 is 29.2 Å². The second kappa shape index (κ2) is 20.4. The van der Waals surface area contributed by atoms with Crippen LogP contribution < -0.4 is 24.8 Å². The molecule has 7 rings (SSSR count). The van der Waals surface area contributed by atoms with Gasteiger partial charge in [-0.05, 0) is 159 Å². The van der Waals surface area contributed by atoms with E-state index in [4.69, 9.17) is 30.5 Å². The van der Waals surface area contributed by atoms with Crippen LogP contribution in [0.4, 0.5) is 5.69 Å². The fourth-order valence-corrected chi connectivity index (χ4v) is 10.2. The lowest BCUT2D eigenvalue weighted by atomic mass is 9.59. The first-order valence-corrected chi connectivity index (χ1v) is 22.6. The molecule has 4 aromatic rings. The van der Waals surface area contributed by atoms with Crippen molar-refractivity contribution in [2.45, 2.75) is 108 Å². The van der Waals surface area contributed by atoms with Crippen molar-refractivity contribution in [1.82, 2.24) is 10.3 Å². The van der Waals surface area contributed by atoms with Crippen molar-refractivity contribution in [3.63, 3.8) is 0 Å². The fourth-order valence-electron chi connectivity index (χ4n) is 10.1. The van der Waals surface area contributed by atoms with Gasteiger partial charge in [-0.1, -0.05) is 49.7 Å². The maximum Gasteiger partial charge on any atom is 0.329 e. The van der Waals surface area contributed by atoms with Crippen LogP contribution in [0.1, 0.15) is 106 Å². The lowest BCUT2D eigenvalue weighted by Crippen LogP contribution is -2.53. The molecule has 3 aliphatic carbocycles. The minimum atomic E-state index is -1.10. The normalized spacial score (nSPS) is 22.2. The van der Waals surface area contributed by atoms with Crippen LogP contribution in [0.3, 0.4) is 0 Å². The van der Waals surface area contributed by atoms with Gasteiger partial charge in [0, 0.05) is 48.2 Å². The summed E-state index contributed by atoms with van der Waals surface area (Å²) in [6, 6.07) is 23.7. The first kappa shape index (κ1) is 44.3. The molecule has 3 atom stereocenters. The predicted octanol–water partition coefficient (Wildman–Crippen LogP) is 9.74. The second-order valence-corrected chi connectivity index (χ2v) is 18.0. The number of nitrogens with zero attached hydrogens (tertiary/aromatic N) is 1. The molecule has 1 amide bonds. The third kappa shape index (κ3) is 10.8. The van der Waals surface area contributed by atoms with E-state index in [1.807, 2.05) is 54.7 Å². The highest BCUT2D eigenvalue weighted by Gasteiger charge is 2.54. The molecule has 61 heavy (non-hydrogen) atoms. The lowest BCUT2D eigenvalue weighted by molar-refractivity contribution is -0.144. The Kier molecular flexibility index (Phi) is 14.8. The molecule has 0 radical (unpaired) electrons. The topological polar surface area (TPSA) is 128 Å². The molecule has 1 aromatic heterocycles. The van der Waals surface area contributed by atoms with Crippen molar-refractivity contribution in [1.29, 1.82) is 0 Å². The number of methoxy groups -OCH3 is 1. The van der Waals surface area contributed by atoms with Crippen LogP contribution in [-0.2, 0) is 39.0 Å². The Morgan fingerprint density at radius 3 is 2.56 bits per heavy atom. The molecule has 1 fully saturated rings. The number of hydrogen-bond acceptors (Lipinski definition) is 8. The van der Waals surface area contributed by atoms with E-state index in [1.54, 1.807) is 19.2 Å². The highest BCUT2D eigenvalue weighted by molar-refractivity contribution is 6.30. The van der Waals surface area contributed by atoms with E-state index < -0.39 is 11.5 Å². The van der Waals surface area contributed by atoms with Crippen molar-refractivity contribution in [3.05, 3.63) is 112 Å². The van der Waals surface area contributed by atoms with E-state index in [2.05, 4.69) is 41.6 Å². The number of nitrogens with one attached hydrogen (secondary N) is 2. The number of carbonyl (C=O) groups is 2. The van der Waals surface area contributed by atoms with Gasteiger partial charge in [-0.15, -0.1) is 0 Å². The van der Waals surface area contributed by atoms with Crippen LogP contribution in [0.2, 0.25) is 5.02 Å². The standard InChI is InChI=1S/C50H62ClN3O7/c1-34(33-61-45-18-24-52-44-13-4-8-35(2)47(44)45)28-38-30-37-15-16-42(59-25-7-14-46(55)53-23-17-36-9-5-12-41(29-36)60-27-26-58-3)32-43(37)49(38)19-21-50(22-20-49,48(56)57)54-40-11-6-10-39(51)31-40/h5-6,9-12,15-16,18,24,29,31-32,34-35,38,54H,4,7-8,13-14,17,19-23,25-28,30,33H2,1-3H3,(H,53,55)(H,56,57)/t34-,35-,38?,49?,50?/m1/s1. The Bertz CT molecular complexity index is 2120. The SMILES string of the molecule is COCCOc1cccc(CCNC(=O)CCCOc2ccc3c(c2)C2(CCC(Nc4cccc(Cl)c4)(C(=O)O)CC2)C(C[C@@H](C)COc2ccnc4c2[C@H](C)CCC4)C3)c1. The molecule has 1 heterocycles. The number of hydrogen-bond donors (Lipinski definition) is 3. The maximum absolute atomic E-state index is 13.1. The molecule has 3 aromatic carbocycles. The summed E-state index contributed by atoms with van der Waals surface area (Å²) in [7, 11) is 1.65. The van der Waals surface area contributed by atoms with E-state index in [9.17, 15) is 14.7 Å². The summed E-state index contributed by atoms with van der Waals surface area (Å²) in [5, 5.41) is 17.7. The van der Waals surface area contributed by atoms with Crippen LogP contribution in [-0.4, -0.2) is 67.6 Å². The molecule has 10 nitrogen and oxygen atoms in total. The van der Waals surface area contributed by atoms with Crippen molar-refractivity contribution < 1.29 is 33.6 Å². The van der Waals surface area contributed by atoms with Gasteiger partial charge in [0.1, 0.15) is 29.4 Å². The Labute approximate surface area is 366 Å². The Balaban J connectivity index is 0.991. The summed E-state index contributed by atoms with van der Waals surface area (Å²) in [4.78, 5) is 30.5. The molecule has 0 aliphatic heterocycles. The van der Waals surface area contributed by atoms with Gasteiger partial charge in [0.15, 0.2) is 0 Å². The number of carboxylic acid groups (broad SMARTS) is 1. The smallest absolute Gasteiger partial charge is 0.329 e. The van der Waals surface area contributed by atoms with Crippen LogP contribution in [0.5, 0.6) is 17.2 Å². The zero-order valence-corrected chi connectivity index (χ0v) is 36.7. The average Bonchev–Trinajstić information content (AvgIpc) is 3.53. The summed E-state index contributed by atoms with van der Waals surface area (Å²) < 4.78 is 23.7. The van der Waals surface area contributed by atoms with E-state index >= 15 is 0 Å². The maximum atomic E-state index is 13.1. The van der Waals surface area contributed by atoms with Crippen LogP contribution in [0, 0.1) is 11.8 Å². The monoisotopic (exact) mass is 851 g/mol. The number of anilines is 1. The first-order valence-electron chi connectivity index (χ1n) is 22.2. The molecule has 1 spiro atoms. The number of halogens is 1. The van der Waals surface area contributed by atoms with Crippen LogP contribution >= 0.6 is 11.6 Å². The van der Waals surface area contributed by atoms with Gasteiger partial charge in [-0.2, -0.15) is 0 Å². The number of ether oxygens (including phenoxy) is 4. The fraction of sp³-hybridized carbons (Fsp3) is 0.500. The molecular formula is C50H62ClN3O7. The third-order valence-corrected chi connectivity index (χ3v) is 13.5. The molecule has 3 N–H and O–H groups in total. The molecule has 1 saturated carbocycles. The van der Waals surface area contributed by atoms with Gasteiger partial charge in [0.05, 0.1) is 19.8 Å². The van der Waals surface area contributed by atoms with E-state index in [0.29, 0.717) is 87.6 Å². The predicted molar refractivity (Wildman–Crippen MR) is 239 cm³/mol. The highest BCUT2D eigenvalue weighted by atomic mass is 35.5. The van der Waals surface area contributed by atoms with Crippen LogP contribution in [0.25, 0.3) is 0 Å². The molecule has 11 heteroatoms. The number of carboxylic acids is 1. The Morgan fingerprint density at radius 1 is 0.951 bits per heavy atom. The van der Waals surface area contributed by atoms with Crippen molar-refractivity contribution in [2.75, 3.05) is 45.4 Å². The Hall–Kier alpha value is -4.80. The lowest BCUT2D eigenvalue weighted by Gasteiger charge is -2.47. The summed E-state index contributed by atoms with van der Waals surface area (Å²) in [6.07, 6.45) is 11.2.